The van der Waals surface area contributed by atoms with Crippen molar-refractivity contribution in [2.45, 2.75) is 18.4 Å². The normalized spacial score (nSPS) is 22.6. The van der Waals surface area contributed by atoms with Crippen molar-refractivity contribution in [3.05, 3.63) is 48.1 Å². The van der Waals surface area contributed by atoms with E-state index in [0.29, 0.717) is 11.5 Å². The number of benzene rings is 1. The lowest BCUT2D eigenvalue weighted by Gasteiger charge is -2.02. The molecule has 2 atom stereocenters. The molecule has 3 rings (SSSR count). The Balaban J connectivity index is 1.91. The maximum absolute atomic E-state index is 13.6. The van der Waals surface area contributed by atoms with Gasteiger partial charge in [0.25, 0.3) is 0 Å². The summed E-state index contributed by atoms with van der Waals surface area (Å²) in [5, 5.41) is 3.82. The zero-order valence-corrected chi connectivity index (χ0v) is 9.58. The predicted molar refractivity (Wildman–Crippen MR) is 64.2 cm³/mol. The number of aromatic nitrogens is 2. The van der Waals surface area contributed by atoms with Gasteiger partial charge in [-0.05, 0) is 18.6 Å². The monoisotopic (exact) mass is 245 g/mol. The number of allylic oxidation sites excluding steroid dienone is 1. The summed E-state index contributed by atoms with van der Waals surface area (Å²) in [5.41, 5.74) is 6.11. The van der Waals surface area contributed by atoms with E-state index in [0.717, 1.165) is 6.42 Å². The highest BCUT2D eigenvalue weighted by Gasteiger charge is 2.23. The third kappa shape index (κ3) is 1.93. The van der Waals surface area contributed by atoms with Crippen LogP contribution in [0.2, 0.25) is 0 Å². The molecule has 2 unspecified atom stereocenters. The zero-order valence-electron chi connectivity index (χ0n) is 9.58. The Morgan fingerprint density at radius 1 is 1.28 bits per heavy atom. The van der Waals surface area contributed by atoms with Crippen LogP contribution in [0.4, 0.5) is 4.39 Å². The van der Waals surface area contributed by atoms with Crippen molar-refractivity contribution < 1.29 is 8.91 Å². The molecule has 0 bridgehead atoms. The molecule has 1 aliphatic rings. The van der Waals surface area contributed by atoms with Gasteiger partial charge in [-0.2, -0.15) is 4.98 Å². The quantitative estimate of drug-likeness (QED) is 0.824. The molecule has 5 heteroatoms. The van der Waals surface area contributed by atoms with Crippen LogP contribution in [0, 0.1) is 5.82 Å². The van der Waals surface area contributed by atoms with Crippen molar-refractivity contribution in [2.75, 3.05) is 0 Å². The molecule has 1 aromatic heterocycles. The molecule has 0 amide bonds. The molecule has 2 aromatic rings. The first-order valence-electron chi connectivity index (χ1n) is 5.76. The van der Waals surface area contributed by atoms with E-state index in [4.69, 9.17) is 10.3 Å². The highest BCUT2D eigenvalue weighted by atomic mass is 19.1. The molecule has 0 radical (unpaired) electrons. The van der Waals surface area contributed by atoms with Gasteiger partial charge in [-0.25, -0.2) is 4.39 Å². The first-order chi connectivity index (χ1) is 8.74. The van der Waals surface area contributed by atoms with Crippen LogP contribution in [-0.4, -0.2) is 16.2 Å². The van der Waals surface area contributed by atoms with Crippen LogP contribution >= 0.6 is 0 Å². The molecule has 0 aliphatic heterocycles. The first-order valence-corrected chi connectivity index (χ1v) is 5.76. The maximum atomic E-state index is 13.6. The Morgan fingerprint density at radius 3 is 2.83 bits per heavy atom. The number of hydrogen-bond donors (Lipinski definition) is 1. The molecular formula is C13H12FN3O. The lowest BCUT2D eigenvalue weighted by atomic mass is 10.1. The van der Waals surface area contributed by atoms with Crippen LogP contribution in [-0.2, 0) is 0 Å². The van der Waals surface area contributed by atoms with Gasteiger partial charge in [-0.3, -0.25) is 0 Å². The van der Waals surface area contributed by atoms with Gasteiger partial charge in [0.1, 0.15) is 5.82 Å². The van der Waals surface area contributed by atoms with Gasteiger partial charge >= 0.3 is 0 Å². The molecule has 92 valence electrons. The minimum atomic E-state index is -0.358. The van der Waals surface area contributed by atoms with Gasteiger partial charge in [-0.1, -0.05) is 29.4 Å². The minimum absolute atomic E-state index is 0.0267. The van der Waals surface area contributed by atoms with Crippen LogP contribution in [0.15, 0.2) is 40.9 Å². The molecule has 0 saturated heterocycles. The fraction of sp³-hybridized carbons (Fsp3) is 0.231. The molecule has 1 aromatic carbocycles. The number of hydrogen-bond acceptors (Lipinski definition) is 4. The second kappa shape index (κ2) is 4.34. The van der Waals surface area contributed by atoms with Gasteiger partial charge in [0.15, 0.2) is 0 Å². The standard InChI is InChI=1S/C13H12FN3O/c14-11-4-2-1-3-10(11)12-16-13(18-17-12)8-5-6-9(15)7-8/h1-6,8-9H,7,15H2. The summed E-state index contributed by atoms with van der Waals surface area (Å²) in [6.45, 7) is 0. The fourth-order valence-corrected chi connectivity index (χ4v) is 2.05. The Morgan fingerprint density at radius 2 is 2.11 bits per heavy atom. The molecule has 4 nitrogen and oxygen atoms in total. The Bertz CT molecular complexity index is 593. The third-order valence-corrected chi connectivity index (χ3v) is 2.99. The van der Waals surface area contributed by atoms with Crippen LogP contribution in [0.3, 0.4) is 0 Å². The van der Waals surface area contributed by atoms with Gasteiger partial charge in [0, 0.05) is 6.04 Å². The average Bonchev–Trinajstić information content (AvgIpc) is 2.98. The topological polar surface area (TPSA) is 64.9 Å². The Hall–Kier alpha value is -2.01. The summed E-state index contributed by atoms with van der Waals surface area (Å²) in [6, 6.07) is 6.38. The summed E-state index contributed by atoms with van der Waals surface area (Å²) >= 11 is 0. The SMILES string of the molecule is NC1C=CC(c2nc(-c3ccccc3F)no2)C1. The van der Waals surface area contributed by atoms with E-state index >= 15 is 0 Å². The number of nitrogens with zero attached hydrogens (tertiary/aromatic N) is 2. The summed E-state index contributed by atoms with van der Waals surface area (Å²) in [6.07, 6.45) is 4.61. The number of nitrogens with two attached hydrogens (primary N) is 1. The van der Waals surface area contributed by atoms with Crippen molar-refractivity contribution in [3.8, 4) is 11.4 Å². The summed E-state index contributed by atoms with van der Waals surface area (Å²) in [7, 11) is 0. The highest BCUT2D eigenvalue weighted by Crippen LogP contribution is 2.28. The van der Waals surface area contributed by atoms with E-state index in [1.165, 1.54) is 6.07 Å². The Kier molecular flexibility index (Phi) is 2.68. The minimum Gasteiger partial charge on any atom is -0.338 e. The smallest absolute Gasteiger partial charge is 0.233 e. The van der Waals surface area contributed by atoms with Crippen molar-refractivity contribution >= 4 is 0 Å². The largest absolute Gasteiger partial charge is 0.338 e. The predicted octanol–water partition coefficient (Wildman–Crippen LogP) is 2.25. The molecule has 18 heavy (non-hydrogen) atoms. The van der Waals surface area contributed by atoms with Crippen LogP contribution < -0.4 is 5.73 Å². The van der Waals surface area contributed by atoms with E-state index < -0.39 is 0 Å². The van der Waals surface area contributed by atoms with Crippen LogP contribution in [0.5, 0.6) is 0 Å². The molecule has 2 N–H and O–H groups in total. The highest BCUT2D eigenvalue weighted by molar-refractivity contribution is 5.54. The average molecular weight is 245 g/mol. The molecular weight excluding hydrogens is 233 g/mol. The van der Waals surface area contributed by atoms with Gasteiger partial charge in [0.05, 0.1) is 11.5 Å². The van der Waals surface area contributed by atoms with E-state index in [1.807, 2.05) is 12.2 Å². The van der Waals surface area contributed by atoms with Gasteiger partial charge in [-0.15, -0.1) is 0 Å². The van der Waals surface area contributed by atoms with E-state index in [1.54, 1.807) is 18.2 Å². The zero-order chi connectivity index (χ0) is 12.5. The summed E-state index contributed by atoms with van der Waals surface area (Å²) in [5.74, 6) is 0.436. The molecule has 1 heterocycles. The van der Waals surface area contributed by atoms with Crippen molar-refractivity contribution in [1.29, 1.82) is 0 Å². The van der Waals surface area contributed by atoms with Gasteiger partial charge < -0.3 is 10.3 Å². The van der Waals surface area contributed by atoms with Crippen LogP contribution in [0.1, 0.15) is 18.2 Å². The second-order valence-electron chi connectivity index (χ2n) is 4.33. The lowest BCUT2D eigenvalue weighted by molar-refractivity contribution is 0.364. The van der Waals surface area contributed by atoms with Crippen molar-refractivity contribution in [2.24, 2.45) is 5.73 Å². The van der Waals surface area contributed by atoms with Crippen LogP contribution in [0.25, 0.3) is 11.4 Å². The van der Waals surface area contributed by atoms with E-state index in [2.05, 4.69) is 10.1 Å². The Labute approximate surface area is 103 Å². The number of rotatable bonds is 2. The summed E-state index contributed by atoms with van der Waals surface area (Å²) in [4.78, 5) is 4.23. The first kappa shape index (κ1) is 11.1. The maximum Gasteiger partial charge on any atom is 0.233 e. The molecule has 0 fully saturated rings. The van der Waals surface area contributed by atoms with E-state index in [9.17, 15) is 4.39 Å². The third-order valence-electron chi connectivity index (χ3n) is 2.99. The molecule has 0 saturated carbocycles. The fourth-order valence-electron chi connectivity index (χ4n) is 2.05. The molecule has 1 aliphatic carbocycles. The van der Waals surface area contributed by atoms with Gasteiger partial charge in [0.2, 0.25) is 11.7 Å². The van der Waals surface area contributed by atoms with E-state index in [-0.39, 0.29) is 23.6 Å². The molecule has 0 spiro atoms. The van der Waals surface area contributed by atoms with Crippen molar-refractivity contribution in [3.63, 3.8) is 0 Å². The lowest BCUT2D eigenvalue weighted by Crippen LogP contribution is -2.14. The second-order valence-corrected chi connectivity index (χ2v) is 4.33. The number of halogens is 1. The van der Waals surface area contributed by atoms with Crippen molar-refractivity contribution in [1.82, 2.24) is 10.1 Å². The summed E-state index contributed by atoms with van der Waals surface area (Å²) < 4.78 is 18.7.